The molecular formula is C19H15ClN4OS2. The number of hydrogen-bond donors (Lipinski definition) is 2. The minimum atomic E-state index is -0.173. The number of aryl methyl sites for hydroxylation is 1. The monoisotopic (exact) mass is 414 g/mol. The summed E-state index contributed by atoms with van der Waals surface area (Å²) in [4.78, 5) is 19.3. The summed E-state index contributed by atoms with van der Waals surface area (Å²) in [7, 11) is 0. The Hall–Kier alpha value is -2.48. The van der Waals surface area contributed by atoms with Crippen molar-refractivity contribution < 1.29 is 4.79 Å². The van der Waals surface area contributed by atoms with Crippen LogP contribution in [0.25, 0.3) is 21.8 Å². The highest BCUT2D eigenvalue weighted by Crippen LogP contribution is 2.29. The molecule has 27 heavy (non-hydrogen) atoms. The van der Waals surface area contributed by atoms with Crippen LogP contribution in [0.4, 0.5) is 0 Å². The number of amides is 1. The number of rotatable bonds is 5. The van der Waals surface area contributed by atoms with Gasteiger partial charge in [-0.2, -0.15) is 5.10 Å². The number of benzene rings is 1. The van der Waals surface area contributed by atoms with Gasteiger partial charge in [-0.05, 0) is 31.2 Å². The van der Waals surface area contributed by atoms with E-state index < -0.39 is 0 Å². The molecular weight excluding hydrogens is 400 g/mol. The largest absolute Gasteiger partial charge is 0.347 e. The fourth-order valence-electron chi connectivity index (χ4n) is 2.64. The van der Waals surface area contributed by atoms with Gasteiger partial charge in [0.15, 0.2) is 0 Å². The summed E-state index contributed by atoms with van der Waals surface area (Å²) in [6.45, 7) is 2.45. The van der Waals surface area contributed by atoms with E-state index in [9.17, 15) is 4.79 Å². The molecule has 8 heteroatoms. The molecule has 0 radical (unpaired) electrons. The Bertz CT molecular complexity index is 1080. The lowest BCUT2D eigenvalue weighted by atomic mass is 10.1. The van der Waals surface area contributed by atoms with Crippen LogP contribution in [0.3, 0.4) is 0 Å². The van der Waals surface area contributed by atoms with Crippen molar-refractivity contribution in [2.75, 3.05) is 0 Å². The number of hydrogen-bond acceptors (Lipinski definition) is 5. The molecule has 0 fully saturated rings. The molecule has 0 saturated heterocycles. The second-order valence-electron chi connectivity index (χ2n) is 5.87. The number of aromatic amines is 1. The fourth-order valence-corrected chi connectivity index (χ4v) is 4.37. The lowest BCUT2D eigenvalue weighted by molar-refractivity contribution is 0.0952. The number of carbonyl (C=O) groups is 1. The van der Waals surface area contributed by atoms with Crippen molar-refractivity contribution >= 4 is 40.2 Å². The molecule has 4 aromatic rings. The number of H-pyrrole nitrogens is 1. The summed E-state index contributed by atoms with van der Waals surface area (Å²) in [6, 6.07) is 11.3. The highest BCUT2D eigenvalue weighted by Gasteiger charge is 2.15. The molecule has 0 atom stereocenters. The predicted molar refractivity (Wildman–Crippen MR) is 110 cm³/mol. The van der Waals surface area contributed by atoms with Gasteiger partial charge in [-0.1, -0.05) is 23.7 Å². The summed E-state index contributed by atoms with van der Waals surface area (Å²) in [5.74, 6) is -0.173. The third-order valence-corrected chi connectivity index (χ3v) is 6.11. The Morgan fingerprint density at radius 1 is 1.22 bits per heavy atom. The fraction of sp³-hybridized carbons (Fsp3) is 0.105. The van der Waals surface area contributed by atoms with Gasteiger partial charge >= 0.3 is 0 Å². The van der Waals surface area contributed by atoms with Crippen molar-refractivity contribution in [3.63, 3.8) is 0 Å². The lowest BCUT2D eigenvalue weighted by Crippen LogP contribution is -2.22. The molecule has 0 aliphatic carbocycles. The topological polar surface area (TPSA) is 70.7 Å². The molecule has 0 unspecified atom stereocenters. The summed E-state index contributed by atoms with van der Waals surface area (Å²) >= 11 is 9.20. The molecule has 3 aromatic heterocycles. The average molecular weight is 415 g/mol. The minimum absolute atomic E-state index is 0.173. The first kappa shape index (κ1) is 17.9. The maximum absolute atomic E-state index is 12.6. The normalized spacial score (nSPS) is 10.9. The summed E-state index contributed by atoms with van der Waals surface area (Å²) < 4.78 is 0. The van der Waals surface area contributed by atoms with Gasteiger partial charge in [0.2, 0.25) is 0 Å². The van der Waals surface area contributed by atoms with Gasteiger partial charge in [-0.3, -0.25) is 9.89 Å². The molecule has 1 amide bonds. The van der Waals surface area contributed by atoms with Crippen LogP contribution >= 0.6 is 34.3 Å². The van der Waals surface area contributed by atoms with Crippen LogP contribution in [-0.4, -0.2) is 21.1 Å². The molecule has 0 saturated carbocycles. The van der Waals surface area contributed by atoms with Crippen LogP contribution in [0, 0.1) is 6.92 Å². The SMILES string of the molecule is Cc1nc(-c2ccc(CNC(=O)c3cn[nH]c3-c3ccc(Cl)cc3)s2)cs1. The number of nitrogens with one attached hydrogen (secondary N) is 2. The quantitative estimate of drug-likeness (QED) is 0.474. The first-order valence-electron chi connectivity index (χ1n) is 8.19. The lowest BCUT2D eigenvalue weighted by Gasteiger charge is -2.05. The standard InChI is InChI=1S/C19H15ClN4OS2/c1-11-23-16(10-26-11)17-7-6-14(27-17)8-21-19(25)15-9-22-24-18(15)12-2-4-13(20)5-3-12/h2-7,9-10H,8H2,1H3,(H,21,25)(H,22,24). The maximum atomic E-state index is 12.6. The van der Waals surface area contributed by atoms with E-state index in [2.05, 4.69) is 20.5 Å². The molecule has 5 nitrogen and oxygen atoms in total. The number of halogens is 1. The van der Waals surface area contributed by atoms with Crippen LogP contribution in [0.5, 0.6) is 0 Å². The molecule has 3 heterocycles. The average Bonchev–Trinajstić information content (AvgIpc) is 3.40. The molecule has 0 bridgehead atoms. The van der Waals surface area contributed by atoms with E-state index in [0.717, 1.165) is 26.0 Å². The van der Waals surface area contributed by atoms with Crippen molar-refractivity contribution in [2.24, 2.45) is 0 Å². The number of nitrogens with zero attached hydrogens (tertiary/aromatic N) is 2. The molecule has 4 rings (SSSR count). The summed E-state index contributed by atoms with van der Waals surface area (Å²) in [6.07, 6.45) is 1.54. The van der Waals surface area contributed by atoms with Crippen molar-refractivity contribution in [3.8, 4) is 21.8 Å². The van der Waals surface area contributed by atoms with Crippen LogP contribution < -0.4 is 5.32 Å². The van der Waals surface area contributed by atoms with E-state index in [1.807, 2.05) is 36.6 Å². The highest BCUT2D eigenvalue weighted by atomic mass is 35.5. The number of thiophene rings is 1. The van der Waals surface area contributed by atoms with E-state index in [-0.39, 0.29) is 5.91 Å². The van der Waals surface area contributed by atoms with Gasteiger partial charge in [0, 0.05) is 20.8 Å². The van der Waals surface area contributed by atoms with Crippen LogP contribution in [0.2, 0.25) is 5.02 Å². The first-order chi connectivity index (χ1) is 13.1. The Morgan fingerprint density at radius 3 is 2.78 bits per heavy atom. The first-order valence-corrected chi connectivity index (χ1v) is 10.3. The Balaban J connectivity index is 1.46. The maximum Gasteiger partial charge on any atom is 0.255 e. The van der Waals surface area contributed by atoms with Gasteiger partial charge in [0.05, 0.1) is 39.6 Å². The van der Waals surface area contributed by atoms with E-state index in [1.54, 1.807) is 34.8 Å². The predicted octanol–water partition coefficient (Wildman–Crippen LogP) is 5.15. The number of thiazole rings is 1. The summed E-state index contributed by atoms with van der Waals surface area (Å²) in [5, 5.41) is 13.6. The van der Waals surface area contributed by atoms with Crippen LogP contribution in [0.1, 0.15) is 20.2 Å². The minimum Gasteiger partial charge on any atom is -0.347 e. The summed E-state index contributed by atoms with van der Waals surface area (Å²) in [5.41, 5.74) is 3.03. The highest BCUT2D eigenvalue weighted by molar-refractivity contribution is 7.16. The molecule has 0 aliphatic heterocycles. The van der Waals surface area contributed by atoms with Crippen molar-refractivity contribution in [1.82, 2.24) is 20.5 Å². The third kappa shape index (κ3) is 3.95. The second kappa shape index (κ2) is 7.64. The van der Waals surface area contributed by atoms with Gasteiger partial charge in [-0.15, -0.1) is 22.7 Å². The van der Waals surface area contributed by atoms with Crippen LogP contribution in [0.15, 0.2) is 48.0 Å². The smallest absolute Gasteiger partial charge is 0.255 e. The van der Waals surface area contributed by atoms with Crippen LogP contribution in [-0.2, 0) is 6.54 Å². The number of carbonyl (C=O) groups excluding carboxylic acids is 1. The van der Waals surface area contributed by atoms with Gasteiger partial charge < -0.3 is 5.32 Å². The Kier molecular flexibility index (Phi) is 5.07. The molecule has 2 N–H and O–H groups in total. The van der Waals surface area contributed by atoms with E-state index in [1.165, 1.54) is 6.20 Å². The van der Waals surface area contributed by atoms with E-state index in [4.69, 9.17) is 11.6 Å². The molecule has 136 valence electrons. The molecule has 0 spiro atoms. The third-order valence-electron chi connectivity index (χ3n) is 3.97. The van der Waals surface area contributed by atoms with Crippen molar-refractivity contribution in [3.05, 3.63) is 68.4 Å². The Morgan fingerprint density at radius 2 is 2.04 bits per heavy atom. The van der Waals surface area contributed by atoms with E-state index >= 15 is 0 Å². The van der Waals surface area contributed by atoms with Crippen molar-refractivity contribution in [2.45, 2.75) is 13.5 Å². The molecule has 0 aliphatic rings. The zero-order chi connectivity index (χ0) is 18.8. The zero-order valence-corrected chi connectivity index (χ0v) is 16.7. The zero-order valence-electron chi connectivity index (χ0n) is 14.3. The molecule has 1 aromatic carbocycles. The van der Waals surface area contributed by atoms with Gasteiger partial charge in [0.25, 0.3) is 5.91 Å². The van der Waals surface area contributed by atoms with Gasteiger partial charge in [-0.25, -0.2) is 4.98 Å². The van der Waals surface area contributed by atoms with Crippen molar-refractivity contribution in [1.29, 1.82) is 0 Å². The number of aromatic nitrogens is 3. The van der Waals surface area contributed by atoms with E-state index in [0.29, 0.717) is 22.8 Å². The second-order valence-corrected chi connectivity index (χ2v) is 8.53. The van der Waals surface area contributed by atoms with Gasteiger partial charge in [0.1, 0.15) is 0 Å². The Labute approximate surface area is 169 Å².